The lowest BCUT2D eigenvalue weighted by Crippen LogP contribution is -2.43. The van der Waals surface area contributed by atoms with Gasteiger partial charge in [-0.2, -0.15) is 0 Å². The van der Waals surface area contributed by atoms with Crippen LogP contribution in [0.25, 0.3) is 0 Å². The summed E-state index contributed by atoms with van der Waals surface area (Å²) in [5, 5.41) is 3.68. The first-order chi connectivity index (χ1) is 6.14. The predicted molar refractivity (Wildman–Crippen MR) is 65.7 cm³/mol. The molecule has 0 aliphatic heterocycles. The molecule has 0 aliphatic rings. The molecule has 1 atom stereocenters. The van der Waals surface area contributed by atoms with Gasteiger partial charge >= 0.3 is 0 Å². The van der Waals surface area contributed by atoms with Crippen LogP contribution in [0.3, 0.4) is 0 Å². The molecule has 0 saturated heterocycles. The van der Waals surface area contributed by atoms with Crippen LogP contribution in [-0.2, 0) is 0 Å². The largest absolute Gasteiger partial charge is 0.309 e. The zero-order chi connectivity index (χ0) is 11.4. The van der Waals surface area contributed by atoms with Crippen molar-refractivity contribution in [1.29, 1.82) is 0 Å². The standard InChI is InChI=1S/C13H29N/c1-8-11(14-13(5,6)7)9-10-12(2,3)4/h11,14H,8-10H2,1-7H3. The van der Waals surface area contributed by atoms with Crippen LogP contribution in [0.1, 0.15) is 67.7 Å². The summed E-state index contributed by atoms with van der Waals surface area (Å²) in [5.41, 5.74) is 0.714. The highest BCUT2D eigenvalue weighted by Gasteiger charge is 2.18. The van der Waals surface area contributed by atoms with Crippen molar-refractivity contribution in [1.82, 2.24) is 5.32 Å². The molecule has 0 aromatic rings. The van der Waals surface area contributed by atoms with Crippen LogP contribution in [-0.4, -0.2) is 11.6 Å². The van der Waals surface area contributed by atoms with Crippen LogP contribution in [0.4, 0.5) is 0 Å². The van der Waals surface area contributed by atoms with Crippen molar-refractivity contribution < 1.29 is 0 Å². The van der Waals surface area contributed by atoms with Crippen molar-refractivity contribution >= 4 is 0 Å². The summed E-state index contributed by atoms with van der Waals surface area (Å²) >= 11 is 0. The van der Waals surface area contributed by atoms with Gasteiger partial charge in [-0.05, 0) is 45.4 Å². The van der Waals surface area contributed by atoms with Crippen LogP contribution in [0.15, 0.2) is 0 Å². The fraction of sp³-hybridized carbons (Fsp3) is 1.00. The lowest BCUT2D eigenvalue weighted by Gasteiger charge is -2.30. The van der Waals surface area contributed by atoms with E-state index in [4.69, 9.17) is 0 Å². The Kier molecular flexibility index (Phi) is 5.14. The second kappa shape index (κ2) is 5.16. The second-order valence-corrected chi connectivity index (χ2v) is 6.60. The Bertz CT molecular complexity index is 148. The molecule has 0 spiro atoms. The predicted octanol–water partition coefficient (Wildman–Crippen LogP) is 3.98. The summed E-state index contributed by atoms with van der Waals surface area (Å²) in [6.45, 7) is 15.9. The van der Waals surface area contributed by atoms with Crippen molar-refractivity contribution in [2.75, 3.05) is 0 Å². The molecule has 0 bridgehead atoms. The molecule has 0 aromatic carbocycles. The fourth-order valence-electron chi connectivity index (χ4n) is 1.60. The number of hydrogen-bond acceptors (Lipinski definition) is 1. The topological polar surface area (TPSA) is 12.0 Å². The molecule has 14 heavy (non-hydrogen) atoms. The van der Waals surface area contributed by atoms with Gasteiger partial charge in [0.2, 0.25) is 0 Å². The maximum atomic E-state index is 3.68. The minimum absolute atomic E-state index is 0.249. The average Bonchev–Trinajstić information content (AvgIpc) is 1.94. The molecule has 1 nitrogen and oxygen atoms in total. The first-order valence-corrected chi connectivity index (χ1v) is 5.92. The summed E-state index contributed by atoms with van der Waals surface area (Å²) in [6.07, 6.45) is 3.82. The summed E-state index contributed by atoms with van der Waals surface area (Å²) in [5.74, 6) is 0. The molecule has 0 rings (SSSR count). The zero-order valence-corrected chi connectivity index (χ0v) is 11.2. The van der Waals surface area contributed by atoms with E-state index in [1.165, 1.54) is 19.3 Å². The van der Waals surface area contributed by atoms with Gasteiger partial charge in [0.1, 0.15) is 0 Å². The first kappa shape index (κ1) is 14.0. The molecular weight excluding hydrogens is 170 g/mol. The quantitative estimate of drug-likeness (QED) is 0.722. The first-order valence-electron chi connectivity index (χ1n) is 5.92. The Morgan fingerprint density at radius 3 is 1.79 bits per heavy atom. The Balaban J connectivity index is 3.93. The van der Waals surface area contributed by atoms with E-state index in [0.717, 1.165) is 0 Å². The molecule has 0 heterocycles. The average molecular weight is 199 g/mol. The Morgan fingerprint density at radius 2 is 1.50 bits per heavy atom. The van der Waals surface area contributed by atoms with Gasteiger partial charge in [-0.1, -0.05) is 27.7 Å². The van der Waals surface area contributed by atoms with Gasteiger partial charge in [-0.25, -0.2) is 0 Å². The third-order valence-corrected chi connectivity index (χ3v) is 2.37. The Morgan fingerprint density at radius 1 is 1.00 bits per heavy atom. The molecule has 0 amide bonds. The van der Waals surface area contributed by atoms with Crippen molar-refractivity contribution in [2.45, 2.75) is 79.3 Å². The monoisotopic (exact) mass is 199 g/mol. The van der Waals surface area contributed by atoms with E-state index >= 15 is 0 Å². The van der Waals surface area contributed by atoms with Crippen LogP contribution in [0, 0.1) is 5.41 Å². The van der Waals surface area contributed by atoms with E-state index in [9.17, 15) is 0 Å². The van der Waals surface area contributed by atoms with Crippen molar-refractivity contribution in [3.05, 3.63) is 0 Å². The van der Waals surface area contributed by atoms with Gasteiger partial charge in [-0.15, -0.1) is 0 Å². The van der Waals surface area contributed by atoms with Crippen molar-refractivity contribution in [3.63, 3.8) is 0 Å². The number of hydrogen-bond donors (Lipinski definition) is 1. The maximum absolute atomic E-state index is 3.68. The van der Waals surface area contributed by atoms with Crippen LogP contribution < -0.4 is 5.32 Å². The molecule has 0 aromatic heterocycles. The van der Waals surface area contributed by atoms with Crippen LogP contribution >= 0.6 is 0 Å². The highest BCUT2D eigenvalue weighted by Crippen LogP contribution is 2.22. The summed E-state index contributed by atoms with van der Waals surface area (Å²) in [4.78, 5) is 0. The van der Waals surface area contributed by atoms with E-state index < -0.39 is 0 Å². The van der Waals surface area contributed by atoms with Crippen molar-refractivity contribution in [3.8, 4) is 0 Å². The van der Waals surface area contributed by atoms with E-state index in [-0.39, 0.29) is 5.54 Å². The minimum atomic E-state index is 0.249. The normalized spacial score (nSPS) is 15.6. The maximum Gasteiger partial charge on any atom is 0.00990 e. The van der Waals surface area contributed by atoms with E-state index in [0.29, 0.717) is 11.5 Å². The molecule has 1 unspecified atom stereocenters. The molecule has 1 N–H and O–H groups in total. The molecule has 0 fully saturated rings. The van der Waals surface area contributed by atoms with Crippen molar-refractivity contribution in [2.24, 2.45) is 5.41 Å². The van der Waals surface area contributed by atoms with Crippen LogP contribution in [0.2, 0.25) is 0 Å². The Hall–Kier alpha value is -0.0400. The Labute approximate surface area is 90.7 Å². The van der Waals surface area contributed by atoms with E-state index in [1.807, 2.05) is 0 Å². The number of rotatable bonds is 4. The third kappa shape index (κ3) is 8.55. The summed E-state index contributed by atoms with van der Waals surface area (Å²) < 4.78 is 0. The fourth-order valence-corrected chi connectivity index (χ4v) is 1.60. The van der Waals surface area contributed by atoms with Gasteiger partial charge in [0.25, 0.3) is 0 Å². The summed E-state index contributed by atoms with van der Waals surface area (Å²) in [6, 6.07) is 0.675. The molecule has 0 aliphatic carbocycles. The van der Waals surface area contributed by atoms with E-state index in [2.05, 4.69) is 53.8 Å². The van der Waals surface area contributed by atoms with E-state index in [1.54, 1.807) is 0 Å². The lowest BCUT2D eigenvalue weighted by molar-refractivity contribution is 0.287. The highest BCUT2D eigenvalue weighted by molar-refractivity contribution is 4.78. The third-order valence-electron chi connectivity index (χ3n) is 2.37. The molecular formula is C13H29N. The van der Waals surface area contributed by atoms with Gasteiger partial charge in [-0.3, -0.25) is 0 Å². The van der Waals surface area contributed by atoms with Gasteiger partial charge in [0.05, 0.1) is 0 Å². The van der Waals surface area contributed by atoms with Crippen LogP contribution in [0.5, 0.6) is 0 Å². The highest BCUT2D eigenvalue weighted by atomic mass is 15.0. The molecule has 86 valence electrons. The van der Waals surface area contributed by atoms with Gasteiger partial charge in [0, 0.05) is 11.6 Å². The molecule has 1 heteroatoms. The van der Waals surface area contributed by atoms with Gasteiger partial charge in [0.15, 0.2) is 0 Å². The lowest BCUT2D eigenvalue weighted by atomic mass is 9.87. The second-order valence-electron chi connectivity index (χ2n) is 6.60. The minimum Gasteiger partial charge on any atom is -0.309 e. The van der Waals surface area contributed by atoms with Gasteiger partial charge < -0.3 is 5.32 Å². The molecule has 0 radical (unpaired) electrons. The zero-order valence-electron chi connectivity index (χ0n) is 11.2. The smallest absolute Gasteiger partial charge is 0.00990 e. The number of nitrogens with one attached hydrogen (secondary N) is 1. The summed E-state index contributed by atoms with van der Waals surface area (Å²) in [7, 11) is 0. The SMILES string of the molecule is CCC(CCC(C)(C)C)NC(C)(C)C. The molecule has 0 saturated carbocycles.